The van der Waals surface area contributed by atoms with Crippen molar-refractivity contribution in [3.63, 3.8) is 0 Å². The molecule has 0 spiro atoms. The van der Waals surface area contributed by atoms with Crippen LogP contribution in [0.3, 0.4) is 0 Å². The van der Waals surface area contributed by atoms with E-state index in [1.807, 2.05) is 49.4 Å². The summed E-state index contributed by atoms with van der Waals surface area (Å²) in [6.07, 6.45) is 1.01. The van der Waals surface area contributed by atoms with Crippen LogP contribution in [0.4, 0.5) is 0 Å². The zero-order chi connectivity index (χ0) is 18.2. The quantitative estimate of drug-likeness (QED) is 0.797. The molecule has 0 unspecified atom stereocenters. The van der Waals surface area contributed by atoms with E-state index in [9.17, 15) is 4.79 Å². The first-order valence-electron chi connectivity index (χ1n) is 8.22. The molecule has 5 heteroatoms. The summed E-state index contributed by atoms with van der Waals surface area (Å²) >= 11 is 0. The first-order chi connectivity index (χ1) is 12.1. The normalized spacial score (nSPS) is 11.5. The second kappa shape index (κ2) is 8.97. The number of benzene rings is 2. The van der Waals surface area contributed by atoms with Crippen molar-refractivity contribution in [2.75, 3.05) is 21.3 Å². The van der Waals surface area contributed by atoms with Gasteiger partial charge in [-0.15, -0.1) is 0 Å². The Labute approximate surface area is 148 Å². The molecule has 0 radical (unpaired) electrons. The molecule has 0 aromatic heterocycles. The Morgan fingerprint density at radius 2 is 1.72 bits per heavy atom. The number of amides is 1. The number of aryl methyl sites for hydroxylation is 1. The van der Waals surface area contributed by atoms with Crippen molar-refractivity contribution < 1.29 is 19.0 Å². The smallest absolute Gasteiger partial charge is 0.220 e. The van der Waals surface area contributed by atoms with Crippen LogP contribution >= 0.6 is 0 Å². The van der Waals surface area contributed by atoms with Gasteiger partial charge in [-0.3, -0.25) is 4.79 Å². The van der Waals surface area contributed by atoms with E-state index in [0.717, 1.165) is 28.4 Å². The van der Waals surface area contributed by atoms with Gasteiger partial charge >= 0.3 is 0 Å². The lowest BCUT2D eigenvalue weighted by molar-refractivity contribution is -0.121. The molecular formula is C20H25NO4. The molecule has 2 rings (SSSR count). The van der Waals surface area contributed by atoms with E-state index < -0.39 is 0 Å². The van der Waals surface area contributed by atoms with E-state index in [1.165, 1.54) is 0 Å². The summed E-state index contributed by atoms with van der Waals surface area (Å²) in [5.74, 6) is 2.23. The van der Waals surface area contributed by atoms with Crippen molar-refractivity contribution in [2.24, 2.45) is 0 Å². The van der Waals surface area contributed by atoms with Crippen LogP contribution in [0.5, 0.6) is 17.2 Å². The number of hydrogen-bond acceptors (Lipinski definition) is 4. The van der Waals surface area contributed by atoms with Gasteiger partial charge in [-0.05, 0) is 43.2 Å². The minimum atomic E-state index is -0.185. The lowest BCUT2D eigenvalue weighted by atomic mass is 10.1. The molecule has 0 aliphatic rings. The van der Waals surface area contributed by atoms with E-state index in [-0.39, 0.29) is 11.9 Å². The second-order valence-electron chi connectivity index (χ2n) is 5.71. The molecule has 25 heavy (non-hydrogen) atoms. The molecule has 0 saturated heterocycles. The molecule has 0 fully saturated rings. The maximum Gasteiger partial charge on any atom is 0.220 e. The maximum absolute atomic E-state index is 12.3. The fraction of sp³-hybridized carbons (Fsp3) is 0.350. The highest BCUT2D eigenvalue weighted by Gasteiger charge is 2.15. The predicted molar refractivity (Wildman–Crippen MR) is 97.4 cm³/mol. The van der Waals surface area contributed by atoms with E-state index in [1.54, 1.807) is 21.3 Å². The Bertz CT molecular complexity index is 715. The molecular weight excluding hydrogens is 318 g/mol. The molecule has 0 heterocycles. The Hall–Kier alpha value is -2.69. The van der Waals surface area contributed by atoms with E-state index >= 15 is 0 Å². The Morgan fingerprint density at radius 3 is 2.40 bits per heavy atom. The Morgan fingerprint density at radius 1 is 1.00 bits per heavy atom. The average Bonchev–Trinajstić information content (AvgIpc) is 2.65. The third-order valence-corrected chi connectivity index (χ3v) is 4.09. The molecule has 1 N–H and O–H groups in total. The second-order valence-corrected chi connectivity index (χ2v) is 5.71. The fourth-order valence-electron chi connectivity index (χ4n) is 2.73. The topological polar surface area (TPSA) is 56.8 Å². The molecule has 1 amide bonds. The van der Waals surface area contributed by atoms with Gasteiger partial charge < -0.3 is 19.5 Å². The Kier molecular flexibility index (Phi) is 6.69. The van der Waals surface area contributed by atoms with Gasteiger partial charge in [0.25, 0.3) is 0 Å². The number of ether oxygens (including phenoxy) is 3. The third-order valence-electron chi connectivity index (χ3n) is 4.09. The molecule has 0 aliphatic carbocycles. The lowest BCUT2D eigenvalue weighted by Crippen LogP contribution is -2.27. The van der Waals surface area contributed by atoms with Crippen LogP contribution in [-0.2, 0) is 11.2 Å². The van der Waals surface area contributed by atoms with Gasteiger partial charge in [-0.2, -0.15) is 0 Å². The number of carbonyl (C=O) groups excluding carboxylic acids is 1. The van der Waals surface area contributed by atoms with Gasteiger partial charge in [0, 0.05) is 12.0 Å². The van der Waals surface area contributed by atoms with Crippen molar-refractivity contribution in [1.82, 2.24) is 5.32 Å². The predicted octanol–water partition coefficient (Wildman–Crippen LogP) is 3.52. The molecule has 2 aromatic rings. The van der Waals surface area contributed by atoms with Gasteiger partial charge in [-0.1, -0.05) is 18.2 Å². The van der Waals surface area contributed by atoms with Gasteiger partial charge in [0.2, 0.25) is 5.91 Å². The van der Waals surface area contributed by atoms with E-state index in [4.69, 9.17) is 14.2 Å². The van der Waals surface area contributed by atoms with Crippen LogP contribution < -0.4 is 19.5 Å². The minimum Gasteiger partial charge on any atom is -0.497 e. The van der Waals surface area contributed by atoms with E-state index in [2.05, 4.69) is 5.32 Å². The fourth-order valence-corrected chi connectivity index (χ4v) is 2.73. The van der Waals surface area contributed by atoms with E-state index in [0.29, 0.717) is 12.8 Å². The van der Waals surface area contributed by atoms with Crippen LogP contribution in [0.25, 0.3) is 0 Å². The maximum atomic E-state index is 12.3. The van der Waals surface area contributed by atoms with Crippen molar-refractivity contribution in [3.8, 4) is 17.2 Å². The molecule has 1 atom stereocenters. The number of para-hydroxylation sites is 1. The van der Waals surface area contributed by atoms with Gasteiger partial charge in [0.1, 0.15) is 17.2 Å². The summed E-state index contributed by atoms with van der Waals surface area (Å²) < 4.78 is 16.0. The van der Waals surface area contributed by atoms with Crippen LogP contribution in [0.2, 0.25) is 0 Å². The molecule has 0 aliphatic heterocycles. The molecule has 0 saturated carbocycles. The largest absolute Gasteiger partial charge is 0.497 e. The summed E-state index contributed by atoms with van der Waals surface area (Å²) in [4.78, 5) is 12.3. The van der Waals surface area contributed by atoms with Crippen LogP contribution in [0, 0.1) is 0 Å². The zero-order valence-corrected chi connectivity index (χ0v) is 15.2. The number of carbonyl (C=O) groups is 1. The summed E-state index contributed by atoms with van der Waals surface area (Å²) in [5.41, 5.74) is 1.90. The highest BCUT2D eigenvalue weighted by molar-refractivity contribution is 5.77. The third kappa shape index (κ3) is 4.89. The molecule has 5 nitrogen and oxygen atoms in total. The highest BCUT2D eigenvalue weighted by Crippen LogP contribution is 2.29. The summed E-state index contributed by atoms with van der Waals surface area (Å²) in [7, 11) is 4.86. The number of hydrogen-bond donors (Lipinski definition) is 1. The molecule has 2 aromatic carbocycles. The van der Waals surface area contributed by atoms with Crippen molar-refractivity contribution in [3.05, 3.63) is 53.6 Å². The SMILES string of the molecule is COc1ccc(OC)c([C@@H](C)NC(=O)CCc2ccccc2OC)c1. The lowest BCUT2D eigenvalue weighted by Gasteiger charge is -2.18. The van der Waals surface area contributed by atoms with Crippen molar-refractivity contribution >= 4 is 5.91 Å². The number of methoxy groups -OCH3 is 3. The number of rotatable bonds is 8. The van der Waals surface area contributed by atoms with Gasteiger partial charge in [0.15, 0.2) is 0 Å². The summed E-state index contributed by atoms with van der Waals surface area (Å²) in [5, 5.41) is 3.01. The van der Waals surface area contributed by atoms with Crippen LogP contribution in [0.15, 0.2) is 42.5 Å². The minimum absolute atomic E-state index is 0.0247. The van der Waals surface area contributed by atoms with Gasteiger partial charge in [-0.25, -0.2) is 0 Å². The first-order valence-corrected chi connectivity index (χ1v) is 8.22. The monoisotopic (exact) mass is 343 g/mol. The highest BCUT2D eigenvalue weighted by atomic mass is 16.5. The molecule has 0 bridgehead atoms. The van der Waals surface area contributed by atoms with Crippen molar-refractivity contribution in [1.29, 1.82) is 0 Å². The standard InChI is InChI=1S/C20H25NO4/c1-14(17-13-16(23-2)10-11-19(17)25-4)21-20(22)12-9-15-7-5-6-8-18(15)24-3/h5-8,10-11,13-14H,9,12H2,1-4H3,(H,21,22)/t14-/m1/s1. The summed E-state index contributed by atoms with van der Waals surface area (Å²) in [6, 6.07) is 13.1. The molecule has 134 valence electrons. The van der Waals surface area contributed by atoms with Crippen LogP contribution in [-0.4, -0.2) is 27.2 Å². The first kappa shape index (κ1) is 18.6. The average molecular weight is 343 g/mol. The number of nitrogens with one attached hydrogen (secondary N) is 1. The van der Waals surface area contributed by atoms with Gasteiger partial charge in [0.05, 0.1) is 27.4 Å². The Balaban J connectivity index is 2.00. The summed E-state index contributed by atoms with van der Waals surface area (Å²) in [6.45, 7) is 1.93. The zero-order valence-electron chi connectivity index (χ0n) is 15.2. The van der Waals surface area contributed by atoms with Crippen LogP contribution in [0.1, 0.15) is 30.5 Å². The van der Waals surface area contributed by atoms with Crippen molar-refractivity contribution in [2.45, 2.75) is 25.8 Å².